The van der Waals surface area contributed by atoms with Gasteiger partial charge in [-0.1, -0.05) is 11.6 Å². The summed E-state index contributed by atoms with van der Waals surface area (Å²) in [7, 11) is 0. The summed E-state index contributed by atoms with van der Waals surface area (Å²) in [5.41, 5.74) is 9.36. The largest absolute Gasteiger partial charge is 0.366 e. The molecule has 0 amide bonds. The average molecular weight is 217 g/mol. The topological polar surface area (TPSA) is 42.1 Å². The summed E-state index contributed by atoms with van der Waals surface area (Å²) in [6.45, 7) is 6.22. The van der Waals surface area contributed by atoms with Gasteiger partial charge < -0.3 is 10.6 Å². The standard InChI is InChI=1S/C13H19N3/c1-10-4-3-7-16(9-10)12-5-6-13(11(2)14)15-8-12/h4-6,8,11H,3,7,9,14H2,1-2H3/t11-/m1/s1. The summed E-state index contributed by atoms with van der Waals surface area (Å²) < 4.78 is 0. The predicted molar refractivity (Wildman–Crippen MR) is 67.4 cm³/mol. The zero-order chi connectivity index (χ0) is 11.5. The van der Waals surface area contributed by atoms with Crippen LogP contribution in [-0.2, 0) is 0 Å². The van der Waals surface area contributed by atoms with Gasteiger partial charge in [0.15, 0.2) is 0 Å². The van der Waals surface area contributed by atoms with Crippen LogP contribution in [0, 0.1) is 0 Å². The lowest BCUT2D eigenvalue weighted by Gasteiger charge is -2.28. The molecule has 1 aromatic rings. The summed E-state index contributed by atoms with van der Waals surface area (Å²) in [5, 5.41) is 0. The van der Waals surface area contributed by atoms with Crippen molar-refractivity contribution in [3.05, 3.63) is 35.7 Å². The Hall–Kier alpha value is -1.35. The molecule has 2 N–H and O–H groups in total. The van der Waals surface area contributed by atoms with Crippen molar-refractivity contribution in [2.24, 2.45) is 5.73 Å². The van der Waals surface area contributed by atoms with Gasteiger partial charge in [-0.25, -0.2) is 0 Å². The van der Waals surface area contributed by atoms with Crippen LogP contribution in [0.25, 0.3) is 0 Å². The van der Waals surface area contributed by atoms with Gasteiger partial charge in [0.05, 0.1) is 17.6 Å². The number of hydrogen-bond acceptors (Lipinski definition) is 3. The van der Waals surface area contributed by atoms with Crippen LogP contribution in [0.4, 0.5) is 5.69 Å². The Morgan fingerprint density at radius 1 is 1.44 bits per heavy atom. The van der Waals surface area contributed by atoms with Crippen molar-refractivity contribution in [1.82, 2.24) is 4.98 Å². The van der Waals surface area contributed by atoms with E-state index in [4.69, 9.17) is 5.73 Å². The molecule has 0 saturated heterocycles. The Balaban J connectivity index is 2.13. The van der Waals surface area contributed by atoms with Crippen molar-refractivity contribution in [3.63, 3.8) is 0 Å². The van der Waals surface area contributed by atoms with Gasteiger partial charge in [0, 0.05) is 19.1 Å². The monoisotopic (exact) mass is 217 g/mol. The molecular formula is C13H19N3. The summed E-state index contributed by atoms with van der Waals surface area (Å²) in [5.74, 6) is 0. The molecule has 3 heteroatoms. The third-order valence-corrected chi connectivity index (χ3v) is 2.93. The van der Waals surface area contributed by atoms with Crippen LogP contribution in [0.1, 0.15) is 32.0 Å². The van der Waals surface area contributed by atoms with Crippen LogP contribution in [-0.4, -0.2) is 18.1 Å². The first-order valence-electron chi connectivity index (χ1n) is 5.79. The minimum absolute atomic E-state index is 0.0111. The first kappa shape index (κ1) is 11.1. The highest BCUT2D eigenvalue weighted by molar-refractivity contribution is 5.47. The molecule has 0 saturated carbocycles. The molecule has 2 rings (SSSR count). The molecule has 3 nitrogen and oxygen atoms in total. The molecule has 0 radical (unpaired) electrons. The molecule has 1 aliphatic rings. The molecule has 0 unspecified atom stereocenters. The second-order valence-corrected chi connectivity index (χ2v) is 4.49. The molecule has 0 aliphatic carbocycles. The maximum absolute atomic E-state index is 5.78. The predicted octanol–water partition coefficient (Wildman–Crippen LogP) is 2.26. The second-order valence-electron chi connectivity index (χ2n) is 4.49. The number of nitrogens with zero attached hydrogens (tertiary/aromatic N) is 2. The smallest absolute Gasteiger partial charge is 0.0569 e. The van der Waals surface area contributed by atoms with Crippen molar-refractivity contribution >= 4 is 5.69 Å². The van der Waals surface area contributed by atoms with E-state index in [2.05, 4.69) is 29.0 Å². The van der Waals surface area contributed by atoms with Gasteiger partial charge in [-0.15, -0.1) is 0 Å². The van der Waals surface area contributed by atoms with Crippen molar-refractivity contribution < 1.29 is 0 Å². The van der Waals surface area contributed by atoms with Crippen LogP contribution < -0.4 is 10.6 Å². The average Bonchev–Trinajstić information content (AvgIpc) is 2.29. The molecule has 0 spiro atoms. The molecule has 16 heavy (non-hydrogen) atoms. The summed E-state index contributed by atoms with van der Waals surface area (Å²) in [6, 6.07) is 4.15. The van der Waals surface area contributed by atoms with E-state index in [1.807, 2.05) is 19.2 Å². The van der Waals surface area contributed by atoms with E-state index in [9.17, 15) is 0 Å². The van der Waals surface area contributed by atoms with Crippen LogP contribution in [0.3, 0.4) is 0 Å². The van der Waals surface area contributed by atoms with E-state index < -0.39 is 0 Å². The summed E-state index contributed by atoms with van der Waals surface area (Å²) in [6.07, 6.45) is 5.36. The second kappa shape index (κ2) is 4.66. The number of rotatable bonds is 2. The zero-order valence-electron chi connectivity index (χ0n) is 9.98. The molecule has 1 aliphatic heterocycles. The first-order chi connectivity index (χ1) is 7.66. The van der Waals surface area contributed by atoms with Gasteiger partial charge >= 0.3 is 0 Å². The third-order valence-electron chi connectivity index (χ3n) is 2.93. The Kier molecular flexibility index (Phi) is 3.25. The molecule has 86 valence electrons. The Labute approximate surface area is 97.0 Å². The van der Waals surface area contributed by atoms with Gasteiger partial charge in [-0.2, -0.15) is 0 Å². The normalized spacial score (nSPS) is 18.2. The van der Waals surface area contributed by atoms with E-state index in [0.29, 0.717) is 0 Å². The minimum Gasteiger partial charge on any atom is -0.366 e. The lowest BCUT2D eigenvalue weighted by atomic mass is 10.1. The van der Waals surface area contributed by atoms with Gasteiger partial charge in [0.2, 0.25) is 0 Å². The van der Waals surface area contributed by atoms with Crippen molar-refractivity contribution in [2.75, 3.05) is 18.0 Å². The maximum atomic E-state index is 5.78. The Morgan fingerprint density at radius 3 is 2.81 bits per heavy atom. The number of aromatic nitrogens is 1. The van der Waals surface area contributed by atoms with E-state index in [0.717, 1.165) is 25.2 Å². The highest BCUT2D eigenvalue weighted by Gasteiger charge is 2.11. The number of anilines is 1. The SMILES string of the molecule is CC1=CCCN(c2ccc([C@@H](C)N)nc2)C1. The highest BCUT2D eigenvalue weighted by Crippen LogP contribution is 2.19. The first-order valence-corrected chi connectivity index (χ1v) is 5.79. The van der Waals surface area contributed by atoms with Crippen molar-refractivity contribution in [1.29, 1.82) is 0 Å². The van der Waals surface area contributed by atoms with Gasteiger partial charge in [-0.05, 0) is 32.4 Å². The maximum Gasteiger partial charge on any atom is 0.0569 e. The number of hydrogen-bond donors (Lipinski definition) is 1. The summed E-state index contributed by atoms with van der Waals surface area (Å²) in [4.78, 5) is 6.75. The lowest BCUT2D eigenvalue weighted by molar-refractivity contribution is 0.767. The van der Waals surface area contributed by atoms with Crippen LogP contribution in [0.2, 0.25) is 0 Å². The minimum atomic E-state index is 0.0111. The van der Waals surface area contributed by atoms with Crippen LogP contribution in [0.15, 0.2) is 30.0 Å². The number of nitrogens with two attached hydrogens (primary N) is 1. The molecule has 2 heterocycles. The molecule has 0 bridgehead atoms. The van der Waals surface area contributed by atoms with E-state index >= 15 is 0 Å². The number of pyridine rings is 1. The summed E-state index contributed by atoms with van der Waals surface area (Å²) >= 11 is 0. The fourth-order valence-corrected chi connectivity index (χ4v) is 1.99. The van der Waals surface area contributed by atoms with E-state index in [1.165, 1.54) is 11.3 Å². The van der Waals surface area contributed by atoms with Gasteiger partial charge in [-0.3, -0.25) is 4.98 Å². The lowest BCUT2D eigenvalue weighted by Crippen LogP contribution is -2.29. The van der Waals surface area contributed by atoms with Gasteiger partial charge in [0.1, 0.15) is 0 Å². The van der Waals surface area contributed by atoms with E-state index in [1.54, 1.807) is 0 Å². The quantitative estimate of drug-likeness (QED) is 0.773. The fraction of sp³-hybridized carbons (Fsp3) is 0.462. The Morgan fingerprint density at radius 2 is 2.25 bits per heavy atom. The molecule has 0 fully saturated rings. The van der Waals surface area contributed by atoms with Crippen molar-refractivity contribution in [2.45, 2.75) is 26.3 Å². The zero-order valence-corrected chi connectivity index (χ0v) is 9.98. The third kappa shape index (κ3) is 2.42. The van der Waals surface area contributed by atoms with Crippen molar-refractivity contribution in [3.8, 4) is 0 Å². The fourth-order valence-electron chi connectivity index (χ4n) is 1.99. The molecular weight excluding hydrogens is 198 g/mol. The highest BCUT2D eigenvalue weighted by atomic mass is 15.1. The van der Waals surface area contributed by atoms with E-state index in [-0.39, 0.29) is 6.04 Å². The van der Waals surface area contributed by atoms with Gasteiger partial charge in [0.25, 0.3) is 0 Å². The Bertz CT molecular complexity index is 379. The van der Waals surface area contributed by atoms with Crippen LogP contribution in [0.5, 0.6) is 0 Å². The molecule has 1 aromatic heterocycles. The van der Waals surface area contributed by atoms with Crippen LogP contribution >= 0.6 is 0 Å². The molecule has 1 atom stereocenters. The molecule has 0 aromatic carbocycles.